The summed E-state index contributed by atoms with van der Waals surface area (Å²) in [6.07, 6.45) is 3.10. The van der Waals surface area contributed by atoms with Gasteiger partial charge in [-0.25, -0.2) is 4.98 Å². The molecule has 0 aliphatic carbocycles. The first-order valence-corrected chi connectivity index (χ1v) is 3.84. The molecule has 4 N–H and O–H groups in total. The lowest BCUT2D eigenvalue weighted by atomic mass is 10.5. The molecule has 0 spiro atoms. The molecule has 1 heterocycles. The van der Waals surface area contributed by atoms with Gasteiger partial charge in [-0.1, -0.05) is 0 Å². The third-order valence-electron chi connectivity index (χ3n) is 1.24. The molecular formula is C6H9N5OS. The number of carbonyl (C=O) groups excluding carboxylic acids is 1. The van der Waals surface area contributed by atoms with Gasteiger partial charge in [0.2, 0.25) is 0 Å². The Bertz CT molecular complexity index is 334. The van der Waals surface area contributed by atoms with E-state index < -0.39 is 0 Å². The molecule has 1 aromatic heterocycles. The second kappa shape index (κ2) is 3.85. The Hall–Kier alpha value is -1.63. The van der Waals surface area contributed by atoms with E-state index in [1.807, 2.05) is 0 Å². The van der Waals surface area contributed by atoms with E-state index in [1.165, 1.54) is 6.33 Å². The predicted octanol–water partition coefficient (Wildman–Crippen LogP) is -1.10. The molecule has 7 heteroatoms. The summed E-state index contributed by atoms with van der Waals surface area (Å²) in [6, 6.07) is 0. The van der Waals surface area contributed by atoms with E-state index in [-0.39, 0.29) is 11.0 Å². The second-order valence-corrected chi connectivity index (χ2v) is 2.81. The zero-order valence-corrected chi connectivity index (χ0v) is 7.76. The highest BCUT2D eigenvalue weighted by molar-refractivity contribution is 7.80. The molecule has 0 bridgehead atoms. The van der Waals surface area contributed by atoms with Gasteiger partial charge in [0.05, 0.1) is 6.33 Å². The number of imidazole rings is 1. The number of aromatic nitrogens is 2. The number of nitrogens with two attached hydrogens (primary N) is 1. The van der Waals surface area contributed by atoms with Crippen LogP contribution in [0, 0.1) is 0 Å². The first kappa shape index (κ1) is 9.46. The van der Waals surface area contributed by atoms with Gasteiger partial charge < -0.3 is 10.3 Å². The highest BCUT2D eigenvalue weighted by atomic mass is 32.1. The van der Waals surface area contributed by atoms with Crippen LogP contribution in [0.4, 0.5) is 0 Å². The van der Waals surface area contributed by atoms with Crippen molar-refractivity contribution in [2.45, 2.75) is 0 Å². The first-order chi connectivity index (χ1) is 6.09. The van der Waals surface area contributed by atoms with Gasteiger partial charge in [-0.3, -0.25) is 15.6 Å². The van der Waals surface area contributed by atoms with Crippen molar-refractivity contribution in [3.63, 3.8) is 0 Å². The number of rotatable bonds is 1. The van der Waals surface area contributed by atoms with E-state index in [1.54, 1.807) is 17.8 Å². The summed E-state index contributed by atoms with van der Waals surface area (Å²) >= 11 is 4.50. The minimum Gasteiger partial charge on any atom is -0.375 e. The van der Waals surface area contributed by atoms with Crippen molar-refractivity contribution in [2.24, 2.45) is 12.8 Å². The number of carbonyl (C=O) groups is 1. The monoisotopic (exact) mass is 199 g/mol. The van der Waals surface area contributed by atoms with E-state index in [0.29, 0.717) is 5.69 Å². The fourth-order valence-electron chi connectivity index (χ4n) is 0.712. The van der Waals surface area contributed by atoms with Gasteiger partial charge in [0.25, 0.3) is 5.91 Å². The fraction of sp³-hybridized carbons (Fsp3) is 0.167. The van der Waals surface area contributed by atoms with Crippen LogP contribution in [-0.2, 0) is 7.05 Å². The Balaban J connectivity index is 2.54. The van der Waals surface area contributed by atoms with Gasteiger partial charge in [0.1, 0.15) is 5.69 Å². The molecular weight excluding hydrogens is 190 g/mol. The van der Waals surface area contributed by atoms with Crippen molar-refractivity contribution in [3.05, 3.63) is 18.2 Å². The van der Waals surface area contributed by atoms with Crippen molar-refractivity contribution in [2.75, 3.05) is 0 Å². The van der Waals surface area contributed by atoms with Crippen LogP contribution >= 0.6 is 12.2 Å². The molecule has 0 saturated heterocycles. The first-order valence-electron chi connectivity index (χ1n) is 3.43. The molecule has 6 nitrogen and oxygen atoms in total. The van der Waals surface area contributed by atoms with Gasteiger partial charge in [0.15, 0.2) is 5.11 Å². The number of hydrogen-bond acceptors (Lipinski definition) is 3. The number of nitrogens with one attached hydrogen (secondary N) is 2. The zero-order valence-electron chi connectivity index (χ0n) is 6.94. The Morgan fingerprint density at radius 1 is 1.69 bits per heavy atom. The van der Waals surface area contributed by atoms with Crippen LogP contribution in [0.25, 0.3) is 0 Å². The average Bonchev–Trinajstić information content (AvgIpc) is 2.47. The third-order valence-corrected chi connectivity index (χ3v) is 1.34. The average molecular weight is 199 g/mol. The molecule has 0 radical (unpaired) electrons. The fourth-order valence-corrected chi connectivity index (χ4v) is 0.764. The second-order valence-electron chi connectivity index (χ2n) is 2.37. The minimum atomic E-state index is -0.381. The lowest BCUT2D eigenvalue weighted by Gasteiger charge is -2.02. The summed E-state index contributed by atoms with van der Waals surface area (Å²) in [6.45, 7) is 0. The molecule has 13 heavy (non-hydrogen) atoms. The Labute approximate surface area is 80.1 Å². The molecule has 0 unspecified atom stereocenters. The molecule has 0 saturated carbocycles. The van der Waals surface area contributed by atoms with E-state index >= 15 is 0 Å². The third kappa shape index (κ3) is 2.71. The van der Waals surface area contributed by atoms with Gasteiger partial charge >= 0.3 is 0 Å². The topological polar surface area (TPSA) is 85.0 Å². The van der Waals surface area contributed by atoms with E-state index in [9.17, 15) is 4.79 Å². The van der Waals surface area contributed by atoms with Crippen LogP contribution in [0.5, 0.6) is 0 Å². The molecule has 1 aromatic rings. The van der Waals surface area contributed by atoms with Crippen LogP contribution in [0.1, 0.15) is 10.5 Å². The highest BCUT2D eigenvalue weighted by Gasteiger charge is 2.06. The van der Waals surface area contributed by atoms with E-state index in [2.05, 4.69) is 28.1 Å². The molecule has 0 aliphatic rings. The molecule has 0 atom stereocenters. The van der Waals surface area contributed by atoms with Crippen molar-refractivity contribution in [1.82, 2.24) is 20.4 Å². The number of amides is 1. The Morgan fingerprint density at radius 3 is 2.85 bits per heavy atom. The number of aryl methyl sites for hydroxylation is 1. The van der Waals surface area contributed by atoms with Crippen molar-refractivity contribution in [3.8, 4) is 0 Å². The SMILES string of the molecule is Cn1cnc(C(=O)NNC(N)=S)c1. The maximum Gasteiger partial charge on any atom is 0.289 e. The van der Waals surface area contributed by atoms with Gasteiger partial charge in [0, 0.05) is 13.2 Å². The van der Waals surface area contributed by atoms with Crippen LogP contribution in [-0.4, -0.2) is 20.6 Å². The summed E-state index contributed by atoms with van der Waals surface area (Å²) < 4.78 is 1.66. The van der Waals surface area contributed by atoms with Crippen molar-refractivity contribution in [1.29, 1.82) is 0 Å². The molecule has 0 aromatic carbocycles. The van der Waals surface area contributed by atoms with Crippen LogP contribution in [0.15, 0.2) is 12.5 Å². The molecule has 1 amide bonds. The van der Waals surface area contributed by atoms with Gasteiger partial charge in [-0.15, -0.1) is 0 Å². The summed E-state index contributed by atoms with van der Waals surface area (Å²) in [5.41, 5.74) is 10.00. The van der Waals surface area contributed by atoms with Crippen molar-refractivity contribution < 1.29 is 4.79 Å². The van der Waals surface area contributed by atoms with E-state index in [0.717, 1.165) is 0 Å². The molecule has 70 valence electrons. The number of hydrogen-bond donors (Lipinski definition) is 3. The summed E-state index contributed by atoms with van der Waals surface area (Å²) in [5, 5.41) is 0.00396. The lowest BCUT2D eigenvalue weighted by molar-refractivity contribution is 0.0939. The standard InChI is InChI=1S/C6H9N5OS/c1-11-2-4(8-3-11)5(12)9-10-6(7)13/h2-3H,1H3,(H,9,12)(H3,7,10,13). The lowest BCUT2D eigenvalue weighted by Crippen LogP contribution is -2.44. The molecule has 1 rings (SSSR count). The molecule has 0 fully saturated rings. The number of nitrogens with zero attached hydrogens (tertiary/aromatic N) is 2. The van der Waals surface area contributed by atoms with Gasteiger partial charge in [-0.2, -0.15) is 0 Å². The number of thiocarbonyl (C=S) groups is 1. The van der Waals surface area contributed by atoms with Crippen molar-refractivity contribution >= 4 is 23.2 Å². The maximum atomic E-state index is 11.2. The highest BCUT2D eigenvalue weighted by Crippen LogP contribution is 1.91. The largest absolute Gasteiger partial charge is 0.375 e. The predicted molar refractivity (Wildman–Crippen MR) is 50.6 cm³/mol. The van der Waals surface area contributed by atoms with Crippen LogP contribution in [0.3, 0.4) is 0 Å². The zero-order chi connectivity index (χ0) is 9.84. The Morgan fingerprint density at radius 2 is 2.38 bits per heavy atom. The quantitative estimate of drug-likeness (QED) is 0.395. The smallest absolute Gasteiger partial charge is 0.289 e. The maximum absolute atomic E-state index is 11.2. The Kier molecular flexibility index (Phi) is 2.80. The van der Waals surface area contributed by atoms with Gasteiger partial charge in [-0.05, 0) is 12.2 Å². The summed E-state index contributed by atoms with van der Waals surface area (Å²) in [7, 11) is 1.77. The normalized spacial score (nSPS) is 9.31. The van der Waals surface area contributed by atoms with Crippen LogP contribution < -0.4 is 16.6 Å². The molecule has 0 aliphatic heterocycles. The van der Waals surface area contributed by atoms with E-state index in [4.69, 9.17) is 5.73 Å². The summed E-state index contributed by atoms with van der Waals surface area (Å²) in [4.78, 5) is 15.0. The van der Waals surface area contributed by atoms with Crippen LogP contribution in [0.2, 0.25) is 0 Å². The summed E-state index contributed by atoms with van der Waals surface area (Å²) in [5.74, 6) is -0.381. The number of hydrazine groups is 1. The minimum absolute atomic E-state index is 0.00396.